The first-order chi connectivity index (χ1) is 17.6. The van der Waals surface area contributed by atoms with Crippen molar-refractivity contribution in [2.45, 2.75) is 24.9 Å². The molecule has 1 aromatic carbocycles. The summed E-state index contributed by atoms with van der Waals surface area (Å²) < 4.78 is 19.4. The molecule has 2 amide bonds. The molecule has 0 saturated heterocycles. The van der Waals surface area contributed by atoms with E-state index in [1.165, 1.54) is 37.4 Å². The fourth-order valence-corrected chi connectivity index (χ4v) is 4.20. The van der Waals surface area contributed by atoms with E-state index in [2.05, 4.69) is 20.3 Å². The number of carbonyl (C=O) groups excluding carboxylic acids is 2. The van der Waals surface area contributed by atoms with Crippen molar-refractivity contribution in [1.29, 1.82) is 0 Å². The average Bonchev–Trinajstić information content (AvgIpc) is 3.25. The summed E-state index contributed by atoms with van der Waals surface area (Å²) in [6, 6.07) is 12.4. The third-order valence-electron chi connectivity index (χ3n) is 6.60. The maximum atomic E-state index is 13.6. The van der Waals surface area contributed by atoms with E-state index in [4.69, 9.17) is 10.5 Å². The number of hydrogen-bond acceptors (Lipinski definition) is 7. The quantitative estimate of drug-likeness (QED) is 0.369. The van der Waals surface area contributed by atoms with Crippen LogP contribution in [0.4, 0.5) is 4.39 Å². The van der Waals surface area contributed by atoms with Crippen molar-refractivity contribution >= 4 is 22.8 Å². The highest BCUT2D eigenvalue weighted by atomic mass is 19.1. The normalized spacial score (nSPS) is 18.1. The molecule has 0 radical (unpaired) electrons. The van der Waals surface area contributed by atoms with E-state index < -0.39 is 28.6 Å². The predicted molar refractivity (Wildman–Crippen MR) is 133 cm³/mol. The lowest BCUT2D eigenvalue weighted by atomic mass is 9.82. The first-order valence-electron chi connectivity index (χ1n) is 11.5. The zero-order valence-electron chi connectivity index (χ0n) is 20.2. The second kappa shape index (κ2) is 8.90. The Morgan fingerprint density at radius 1 is 1.22 bits per heavy atom. The first-order valence-corrected chi connectivity index (χ1v) is 11.5. The van der Waals surface area contributed by atoms with E-state index >= 15 is 0 Å². The Bertz CT molecular complexity index is 1540. The van der Waals surface area contributed by atoms with Crippen LogP contribution in [0.3, 0.4) is 0 Å². The third-order valence-corrected chi connectivity index (χ3v) is 6.60. The van der Waals surface area contributed by atoms with Crippen LogP contribution in [0.5, 0.6) is 5.75 Å². The van der Waals surface area contributed by atoms with Gasteiger partial charge in [0, 0.05) is 28.9 Å². The number of fused-ring (bicyclic) bond motifs is 2. The summed E-state index contributed by atoms with van der Waals surface area (Å²) in [4.78, 5) is 38.1. The van der Waals surface area contributed by atoms with Crippen LogP contribution < -0.4 is 15.8 Å². The number of aromatic nitrogens is 3. The van der Waals surface area contributed by atoms with Crippen molar-refractivity contribution in [2.24, 2.45) is 5.73 Å². The molecule has 0 spiro atoms. The minimum absolute atomic E-state index is 0.000303. The Hall–Kier alpha value is -4.44. The van der Waals surface area contributed by atoms with Gasteiger partial charge in [-0.1, -0.05) is 0 Å². The number of pyridine rings is 3. The van der Waals surface area contributed by atoms with Gasteiger partial charge in [0.1, 0.15) is 34.9 Å². The molecule has 1 aliphatic heterocycles. The van der Waals surface area contributed by atoms with Crippen LogP contribution in [-0.2, 0) is 15.8 Å². The summed E-state index contributed by atoms with van der Waals surface area (Å²) in [7, 11) is 0. The summed E-state index contributed by atoms with van der Waals surface area (Å²) in [6.07, 6.45) is 3.03. The van der Waals surface area contributed by atoms with E-state index in [1.54, 1.807) is 37.4 Å². The fraction of sp³-hybridized carbons (Fsp3) is 0.222. The summed E-state index contributed by atoms with van der Waals surface area (Å²) in [5, 5.41) is 14.8. The van der Waals surface area contributed by atoms with Gasteiger partial charge in [0.2, 0.25) is 5.91 Å². The molecule has 4 aromatic rings. The second-order valence-electron chi connectivity index (χ2n) is 9.46. The molecule has 1 aliphatic rings. The Balaban J connectivity index is 1.49. The van der Waals surface area contributed by atoms with Gasteiger partial charge in [-0.05, 0) is 62.4 Å². The zero-order valence-corrected chi connectivity index (χ0v) is 20.2. The van der Waals surface area contributed by atoms with Crippen molar-refractivity contribution in [3.63, 3.8) is 0 Å². The number of aliphatic hydroxyl groups is 1. The Morgan fingerprint density at radius 3 is 2.70 bits per heavy atom. The number of carbonyl (C=O) groups is 2. The fourth-order valence-electron chi connectivity index (χ4n) is 4.20. The minimum atomic E-state index is -1.65. The maximum Gasteiger partial charge on any atom is 0.252 e. The molecule has 4 heterocycles. The molecule has 0 unspecified atom stereocenters. The molecule has 2 atom stereocenters. The van der Waals surface area contributed by atoms with Gasteiger partial charge in [-0.3, -0.25) is 9.59 Å². The highest BCUT2D eigenvalue weighted by Crippen LogP contribution is 2.45. The van der Waals surface area contributed by atoms with Crippen LogP contribution in [0.15, 0.2) is 60.9 Å². The van der Waals surface area contributed by atoms with E-state index in [-0.39, 0.29) is 18.8 Å². The van der Waals surface area contributed by atoms with Crippen molar-refractivity contribution in [3.05, 3.63) is 83.6 Å². The lowest BCUT2D eigenvalue weighted by Gasteiger charge is -2.26. The van der Waals surface area contributed by atoms with E-state index in [9.17, 15) is 19.1 Å². The van der Waals surface area contributed by atoms with Crippen LogP contribution in [0.25, 0.3) is 22.3 Å². The van der Waals surface area contributed by atoms with Crippen LogP contribution in [0, 0.1) is 5.82 Å². The maximum absolute atomic E-state index is 13.6. The number of nitrogens with one attached hydrogen (secondary N) is 1. The number of benzene rings is 1. The van der Waals surface area contributed by atoms with Gasteiger partial charge >= 0.3 is 0 Å². The van der Waals surface area contributed by atoms with E-state index in [0.717, 1.165) is 0 Å². The molecular weight excluding hydrogens is 477 g/mol. The second-order valence-corrected chi connectivity index (χ2v) is 9.46. The van der Waals surface area contributed by atoms with Gasteiger partial charge in [0.05, 0.1) is 17.8 Å². The summed E-state index contributed by atoms with van der Waals surface area (Å²) in [5.74, 6) is -1.12. The van der Waals surface area contributed by atoms with E-state index in [0.29, 0.717) is 39.2 Å². The number of halogens is 1. The highest BCUT2D eigenvalue weighted by Gasteiger charge is 2.45. The van der Waals surface area contributed by atoms with Crippen LogP contribution in [0.2, 0.25) is 0 Å². The molecule has 37 heavy (non-hydrogen) atoms. The lowest BCUT2D eigenvalue weighted by molar-refractivity contribution is -0.123. The Labute approximate surface area is 211 Å². The lowest BCUT2D eigenvalue weighted by Crippen LogP contribution is -2.41. The molecule has 4 N–H and O–H groups in total. The van der Waals surface area contributed by atoms with E-state index in [1.807, 2.05) is 0 Å². The minimum Gasteiger partial charge on any atom is -0.489 e. The number of primary amides is 1. The summed E-state index contributed by atoms with van der Waals surface area (Å²) >= 11 is 0. The molecule has 0 bridgehead atoms. The number of nitrogens with zero attached hydrogens (tertiary/aromatic N) is 3. The highest BCUT2D eigenvalue weighted by molar-refractivity contribution is 5.96. The van der Waals surface area contributed by atoms with Crippen molar-refractivity contribution in [1.82, 2.24) is 20.3 Å². The van der Waals surface area contributed by atoms with Crippen molar-refractivity contribution in [3.8, 4) is 17.0 Å². The molecule has 3 aromatic heterocycles. The molecule has 188 valence electrons. The van der Waals surface area contributed by atoms with Gasteiger partial charge in [0.15, 0.2) is 5.65 Å². The van der Waals surface area contributed by atoms with Crippen molar-refractivity contribution in [2.75, 3.05) is 13.2 Å². The largest absolute Gasteiger partial charge is 0.489 e. The SMILES string of the molecule is C[C@](O)(CNC(=O)c1cnc2ncccc2c1)c1cc2c(c(-c3ccc(F)cc3)n1)OC[C@]2(C)C(N)=O. The van der Waals surface area contributed by atoms with Gasteiger partial charge < -0.3 is 20.9 Å². The van der Waals surface area contributed by atoms with Gasteiger partial charge in [-0.15, -0.1) is 0 Å². The molecule has 10 heteroatoms. The Morgan fingerprint density at radius 2 is 1.97 bits per heavy atom. The zero-order chi connectivity index (χ0) is 26.4. The summed E-state index contributed by atoms with van der Waals surface area (Å²) in [6.45, 7) is 2.95. The number of nitrogens with two attached hydrogens (primary N) is 1. The topological polar surface area (TPSA) is 140 Å². The number of amides is 2. The molecule has 9 nitrogen and oxygen atoms in total. The third kappa shape index (κ3) is 4.36. The molecule has 0 aliphatic carbocycles. The molecule has 0 fully saturated rings. The number of hydrogen-bond donors (Lipinski definition) is 3. The van der Waals surface area contributed by atoms with Gasteiger partial charge in [-0.2, -0.15) is 0 Å². The van der Waals surface area contributed by atoms with Gasteiger partial charge in [0.25, 0.3) is 5.91 Å². The van der Waals surface area contributed by atoms with Crippen LogP contribution in [-0.4, -0.2) is 45.0 Å². The number of rotatable bonds is 6. The number of ether oxygens (including phenoxy) is 1. The smallest absolute Gasteiger partial charge is 0.252 e. The molecule has 5 rings (SSSR count). The van der Waals surface area contributed by atoms with Gasteiger partial charge in [-0.25, -0.2) is 19.3 Å². The Kier molecular flexibility index (Phi) is 5.83. The molecule has 0 saturated carbocycles. The van der Waals surface area contributed by atoms with Crippen molar-refractivity contribution < 1.29 is 23.8 Å². The average molecular weight is 502 g/mol. The monoisotopic (exact) mass is 501 g/mol. The van der Waals surface area contributed by atoms with Crippen LogP contribution in [0.1, 0.15) is 35.5 Å². The standard InChI is InChI=1S/C27H24FN5O4/c1-26(25(29)35)14-37-22-19(26)11-20(33-21(22)15-5-7-18(28)8-6-15)27(2,36)13-32-24(34)17-10-16-4-3-9-30-23(16)31-12-17/h3-12,36H,13-14H2,1-2H3,(H2,29,35)(H,32,34)/t26-,27-/m0/s1. The first kappa shape index (κ1) is 24.3. The summed E-state index contributed by atoms with van der Waals surface area (Å²) in [5.41, 5.74) is 5.22. The predicted octanol–water partition coefficient (Wildman–Crippen LogP) is 2.60. The van der Waals surface area contributed by atoms with Crippen LogP contribution >= 0.6 is 0 Å². The molecular formula is C27H24FN5O4.